The van der Waals surface area contributed by atoms with E-state index in [1.807, 2.05) is 0 Å². The van der Waals surface area contributed by atoms with Crippen LogP contribution in [0.2, 0.25) is 0 Å². The third-order valence-corrected chi connectivity index (χ3v) is 3.73. The van der Waals surface area contributed by atoms with Gasteiger partial charge in [0, 0.05) is 6.54 Å². The summed E-state index contributed by atoms with van der Waals surface area (Å²) in [6.45, 7) is 11.3. The van der Waals surface area contributed by atoms with Crippen molar-refractivity contribution in [1.29, 1.82) is 0 Å². The Morgan fingerprint density at radius 1 is 1.05 bits per heavy atom. The van der Waals surface area contributed by atoms with Gasteiger partial charge in [-0.1, -0.05) is 64.3 Å². The van der Waals surface area contributed by atoms with Gasteiger partial charge in [0.15, 0.2) is 0 Å². The molecule has 0 spiro atoms. The van der Waals surface area contributed by atoms with Gasteiger partial charge in [-0.25, -0.2) is 0 Å². The van der Waals surface area contributed by atoms with Crippen molar-refractivity contribution in [2.75, 3.05) is 13.1 Å². The lowest BCUT2D eigenvalue weighted by molar-refractivity contribution is 0.485. The van der Waals surface area contributed by atoms with E-state index in [1.165, 1.54) is 36.8 Å². The van der Waals surface area contributed by atoms with Gasteiger partial charge in [0.05, 0.1) is 0 Å². The van der Waals surface area contributed by atoms with E-state index in [0.29, 0.717) is 5.92 Å². The topological polar surface area (TPSA) is 12.0 Å². The van der Waals surface area contributed by atoms with Crippen LogP contribution in [0.1, 0.15) is 63.5 Å². The highest BCUT2D eigenvalue weighted by molar-refractivity contribution is 5.29. The maximum Gasteiger partial charge on any atom is 0.00203 e. The molecule has 0 bridgehead atoms. The monoisotopic (exact) mass is 261 g/mol. The lowest BCUT2D eigenvalue weighted by atomic mass is 9.90. The van der Waals surface area contributed by atoms with Crippen molar-refractivity contribution in [2.45, 2.75) is 59.3 Å². The Kier molecular flexibility index (Phi) is 7.81. The molecule has 0 saturated carbocycles. The molecule has 0 aromatic heterocycles. The first-order valence-electron chi connectivity index (χ1n) is 7.91. The fourth-order valence-electron chi connectivity index (χ4n) is 2.60. The molecule has 0 amide bonds. The smallest absolute Gasteiger partial charge is 0.00203 e. The minimum Gasteiger partial charge on any atom is -0.316 e. The molecule has 0 saturated heterocycles. The third-order valence-electron chi connectivity index (χ3n) is 3.73. The maximum absolute atomic E-state index is 3.64. The van der Waals surface area contributed by atoms with E-state index < -0.39 is 0 Å². The van der Waals surface area contributed by atoms with E-state index >= 15 is 0 Å². The maximum atomic E-state index is 3.64. The van der Waals surface area contributed by atoms with Crippen LogP contribution in [0.5, 0.6) is 0 Å². The largest absolute Gasteiger partial charge is 0.316 e. The fraction of sp³-hybridized carbons (Fsp3) is 0.667. The second kappa shape index (κ2) is 9.14. The number of aryl methyl sites for hydroxylation is 1. The SMILES string of the molecule is CCCCCC(CNCC(C)C)c1ccccc1C. The van der Waals surface area contributed by atoms with E-state index in [4.69, 9.17) is 0 Å². The van der Waals surface area contributed by atoms with Gasteiger partial charge in [-0.3, -0.25) is 0 Å². The highest BCUT2D eigenvalue weighted by Crippen LogP contribution is 2.24. The zero-order valence-corrected chi connectivity index (χ0v) is 13.2. The van der Waals surface area contributed by atoms with E-state index in [1.54, 1.807) is 0 Å². The molecule has 108 valence electrons. The summed E-state index contributed by atoms with van der Waals surface area (Å²) in [6.07, 6.45) is 5.31. The van der Waals surface area contributed by atoms with Gasteiger partial charge >= 0.3 is 0 Å². The number of nitrogens with one attached hydrogen (secondary N) is 1. The summed E-state index contributed by atoms with van der Waals surface area (Å²) in [5, 5.41) is 3.64. The van der Waals surface area contributed by atoms with Gasteiger partial charge in [0.25, 0.3) is 0 Å². The number of rotatable bonds is 9. The molecule has 0 aliphatic carbocycles. The standard InChI is InChI=1S/C18H31N/c1-5-6-7-11-17(14-19-13-15(2)3)18-12-9-8-10-16(18)4/h8-10,12,15,17,19H,5-7,11,13-14H2,1-4H3. The summed E-state index contributed by atoms with van der Waals surface area (Å²) in [7, 11) is 0. The number of unbranched alkanes of at least 4 members (excludes halogenated alkanes) is 2. The molecular weight excluding hydrogens is 230 g/mol. The average Bonchev–Trinajstić information content (AvgIpc) is 2.37. The number of hydrogen-bond acceptors (Lipinski definition) is 1. The van der Waals surface area contributed by atoms with Crippen LogP contribution in [-0.2, 0) is 0 Å². The lowest BCUT2D eigenvalue weighted by Gasteiger charge is -2.21. The molecule has 0 aliphatic heterocycles. The molecule has 1 heteroatoms. The van der Waals surface area contributed by atoms with E-state index in [0.717, 1.165) is 19.0 Å². The van der Waals surface area contributed by atoms with Gasteiger partial charge in [-0.05, 0) is 42.9 Å². The summed E-state index contributed by atoms with van der Waals surface area (Å²) >= 11 is 0. The molecule has 0 radical (unpaired) electrons. The average molecular weight is 261 g/mol. The summed E-state index contributed by atoms with van der Waals surface area (Å²) < 4.78 is 0. The summed E-state index contributed by atoms with van der Waals surface area (Å²) in [5.74, 6) is 1.40. The molecule has 1 nitrogen and oxygen atoms in total. The minimum absolute atomic E-state index is 0.673. The zero-order chi connectivity index (χ0) is 14.1. The van der Waals surface area contributed by atoms with Crippen LogP contribution in [0, 0.1) is 12.8 Å². The van der Waals surface area contributed by atoms with Gasteiger partial charge < -0.3 is 5.32 Å². The van der Waals surface area contributed by atoms with Gasteiger partial charge in [0.2, 0.25) is 0 Å². The van der Waals surface area contributed by atoms with Crippen molar-refractivity contribution in [1.82, 2.24) is 5.32 Å². The van der Waals surface area contributed by atoms with Crippen LogP contribution < -0.4 is 5.32 Å². The van der Waals surface area contributed by atoms with Crippen molar-refractivity contribution < 1.29 is 0 Å². The normalized spacial score (nSPS) is 12.9. The van der Waals surface area contributed by atoms with Crippen LogP contribution in [0.3, 0.4) is 0 Å². The summed E-state index contributed by atoms with van der Waals surface area (Å²) in [5.41, 5.74) is 2.98. The van der Waals surface area contributed by atoms with Crippen LogP contribution in [0.15, 0.2) is 24.3 Å². The Morgan fingerprint density at radius 2 is 1.79 bits per heavy atom. The van der Waals surface area contributed by atoms with Crippen molar-refractivity contribution in [2.24, 2.45) is 5.92 Å². The van der Waals surface area contributed by atoms with Crippen LogP contribution in [-0.4, -0.2) is 13.1 Å². The molecule has 19 heavy (non-hydrogen) atoms. The van der Waals surface area contributed by atoms with Crippen LogP contribution in [0.25, 0.3) is 0 Å². The van der Waals surface area contributed by atoms with Crippen LogP contribution in [0.4, 0.5) is 0 Å². The highest BCUT2D eigenvalue weighted by atomic mass is 14.9. The molecule has 0 fully saturated rings. The van der Waals surface area contributed by atoms with E-state index in [9.17, 15) is 0 Å². The quantitative estimate of drug-likeness (QED) is 0.623. The summed E-state index contributed by atoms with van der Waals surface area (Å²) in [4.78, 5) is 0. The number of hydrogen-bond donors (Lipinski definition) is 1. The Labute approximate surface area is 119 Å². The molecule has 1 rings (SSSR count). The zero-order valence-electron chi connectivity index (χ0n) is 13.2. The van der Waals surface area contributed by atoms with Crippen molar-refractivity contribution >= 4 is 0 Å². The fourth-order valence-corrected chi connectivity index (χ4v) is 2.60. The van der Waals surface area contributed by atoms with Crippen molar-refractivity contribution in [3.05, 3.63) is 35.4 Å². The van der Waals surface area contributed by atoms with E-state index in [2.05, 4.69) is 57.3 Å². The molecule has 1 aromatic carbocycles. The second-order valence-electron chi connectivity index (χ2n) is 6.10. The highest BCUT2D eigenvalue weighted by Gasteiger charge is 2.13. The first-order valence-corrected chi connectivity index (χ1v) is 7.91. The molecule has 0 heterocycles. The summed E-state index contributed by atoms with van der Waals surface area (Å²) in [6, 6.07) is 8.87. The Morgan fingerprint density at radius 3 is 2.42 bits per heavy atom. The van der Waals surface area contributed by atoms with Crippen LogP contribution >= 0.6 is 0 Å². The predicted molar refractivity (Wildman–Crippen MR) is 85.8 cm³/mol. The Balaban J connectivity index is 2.60. The Hall–Kier alpha value is -0.820. The molecule has 1 unspecified atom stereocenters. The van der Waals surface area contributed by atoms with Crippen molar-refractivity contribution in [3.8, 4) is 0 Å². The molecule has 1 N–H and O–H groups in total. The molecular formula is C18H31N. The van der Waals surface area contributed by atoms with Gasteiger partial charge in [-0.2, -0.15) is 0 Å². The Bertz CT molecular complexity index is 343. The van der Waals surface area contributed by atoms with Crippen molar-refractivity contribution in [3.63, 3.8) is 0 Å². The third kappa shape index (κ3) is 6.24. The minimum atomic E-state index is 0.673. The lowest BCUT2D eigenvalue weighted by Crippen LogP contribution is -2.25. The number of benzene rings is 1. The predicted octanol–water partition coefficient (Wildman–Crippen LogP) is 4.90. The first kappa shape index (κ1) is 16.2. The first-order chi connectivity index (χ1) is 9.15. The molecule has 1 atom stereocenters. The second-order valence-corrected chi connectivity index (χ2v) is 6.10. The molecule has 0 aliphatic rings. The van der Waals surface area contributed by atoms with E-state index in [-0.39, 0.29) is 0 Å². The van der Waals surface area contributed by atoms with Gasteiger partial charge in [0.1, 0.15) is 0 Å². The van der Waals surface area contributed by atoms with Gasteiger partial charge in [-0.15, -0.1) is 0 Å². The molecule has 1 aromatic rings.